The molecule has 0 aliphatic heterocycles. The maximum absolute atomic E-state index is 11.7. The van der Waals surface area contributed by atoms with E-state index in [4.69, 9.17) is 28.2 Å². The number of thiocarbonyl (C=S) groups is 1. The van der Waals surface area contributed by atoms with Crippen LogP contribution in [0.3, 0.4) is 0 Å². The molecule has 0 aliphatic carbocycles. The van der Waals surface area contributed by atoms with Gasteiger partial charge < -0.3 is 9.73 Å². The van der Waals surface area contributed by atoms with Crippen molar-refractivity contribution < 1.29 is 9.21 Å². The highest BCUT2D eigenvalue weighted by atomic mass is 79.9. The fourth-order valence-electron chi connectivity index (χ4n) is 1.30. The summed E-state index contributed by atoms with van der Waals surface area (Å²) in [4.78, 5) is 11.7. The molecule has 2 N–H and O–H groups in total. The second-order valence-corrected chi connectivity index (χ2v) is 5.15. The first-order chi connectivity index (χ1) is 9.04. The van der Waals surface area contributed by atoms with Crippen LogP contribution in [0.2, 0.25) is 5.02 Å². The van der Waals surface area contributed by atoms with E-state index in [1.165, 1.54) is 0 Å². The van der Waals surface area contributed by atoms with E-state index in [1.54, 1.807) is 36.4 Å². The van der Waals surface area contributed by atoms with Crippen LogP contribution in [-0.2, 0) is 0 Å². The number of benzene rings is 1. The van der Waals surface area contributed by atoms with Crippen molar-refractivity contribution in [3.8, 4) is 0 Å². The number of amides is 1. The van der Waals surface area contributed by atoms with Crippen LogP contribution < -0.4 is 10.6 Å². The van der Waals surface area contributed by atoms with Crippen molar-refractivity contribution in [1.29, 1.82) is 0 Å². The van der Waals surface area contributed by atoms with Crippen LogP contribution in [0.1, 0.15) is 10.6 Å². The molecule has 0 saturated heterocycles. The van der Waals surface area contributed by atoms with Gasteiger partial charge in [-0.2, -0.15) is 0 Å². The number of carbonyl (C=O) groups is 1. The second kappa shape index (κ2) is 6.18. The van der Waals surface area contributed by atoms with Crippen molar-refractivity contribution in [1.82, 2.24) is 5.32 Å². The molecule has 2 rings (SSSR count). The molecular weight excluding hydrogens is 352 g/mol. The average Bonchev–Trinajstić information content (AvgIpc) is 2.79. The number of furan rings is 1. The monoisotopic (exact) mass is 358 g/mol. The fourth-order valence-corrected chi connectivity index (χ4v) is 1.94. The number of anilines is 1. The van der Waals surface area contributed by atoms with Gasteiger partial charge >= 0.3 is 0 Å². The topological polar surface area (TPSA) is 54.3 Å². The summed E-state index contributed by atoms with van der Waals surface area (Å²) in [5, 5.41) is 6.18. The molecule has 0 aliphatic rings. The molecule has 0 atom stereocenters. The van der Waals surface area contributed by atoms with Gasteiger partial charge in [-0.1, -0.05) is 11.6 Å². The Hall–Kier alpha value is -1.37. The molecule has 19 heavy (non-hydrogen) atoms. The molecule has 1 heterocycles. The minimum Gasteiger partial charge on any atom is -0.444 e. The molecule has 1 amide bonds. The van der Waals surface area contributed by atoms with Crippen LogP contribution in [0.15, 0.2) is 45.5 Å². The van der Waals surface area contributed by atoms with E-state index in [1.807, 2.05) is 0 Å². The lowest BCUT2D eigenvalue weighted by atomic mass is 10.3. The Kier molecular flexibility index (Phi) is 4.57. The standard InChI is InChI=1S/C12H8BrClN2O2S/c13-10-6-5-9(18-10)11(17)16-12(19)15-8-3-1-7(14)2-4-8/h1-6H,(H2,15,16,17,19). The summed E-state index contributed by atoms with van der Waals surface area (Å²) < 4.78 is 5.59. The lowest BCUT2D eigenvalue weighted by Gasteiger charge is -2.08. The molecule has 0 spiro atoms. The van der Waals surface area contributed by atoms with Crippen molar-refractivity contribution in [2.75, 3.05) is 5.32 Å². The SMILES string of the molecule is O=C(NC(=S)Nc1ccc(Cl)cc1)c1ccc(Br)o1. The smallest absolute Gasteiger partial charge is 0.293 e. The molecule has 4 nitrogen and oxygen atoms in total. The Balaban J connectivity index is 1.94. The van der Waals surface area contributed by atoms with Crippen LogP contribution in [0.25, 0.3) is 0 Å². The third kappa shape index (κ3) is 4.05. The lowest BCUT2D eigenvalue weighted by Crippen LogP contribution is -2.33. The third-order valence-corrected chi connectivity index (χ3v) is 3.01. The zero-order chi connectivity index (χ0) is 13.8. The summed E-state index contributed by atoms with van der Waals surface area (Å²) >= 11 is 13.9. The van der Waals surface area contributed by atoms with Gasteiger partial charge in [0.25, 0.3) is 5.91 Å². The van der Waals surface area contributed by atoms with Gasteiger partial charge in [0, 0.05) is 10.7 Å². The van der Waals surface area contributed by atoms with Crippen molar-refractivity contribution in [3.05, 3.63) is 51.9 Å². The summed E-state index contributed by atoms with van der Waals surface area (Å²) in [6, 6.07) is 10.1. The summed E-state index contributed by atoms with van der Waals surface area (Å²) in [5.74, 6) is -0.246. The van der Waals surface area contributed by atoms with Gasteiger partial charge in [-0.25, -0.2) is 0 Å². The maximum Gasteiger partial charge on any atom is 0.293 e. The first-order valence-corrected chi connectivity index (χ1v) is 6.76. The first kappa shape index (κ1) is 14.0. The van der Waals surface area contributed by atoms with Gasteiger partial charge in [0.2, 0.25) is 0 Å². The van der Waals surface area contributed by atoms with E-state index in [2.05, 4.69) is 26.6 Å². The molecule has 98 valence electrons. The van der Waals surface area contributed by atoms with Crippen LogP contribution >= 0.6 is 39.7 Å². The van der Waals surface area contributed by atoms with Crippen LogP contribution in [0, 0.1) is 0 Å². The van der Waals surface area contributed by atoms with E-state index < -0.39 is 5.91 Å². The Bertz CT molecular complexity index is 612. The molecule has 1 aromatic heterocycles. The maximum atomic E-state index is 11.7. The summed E-state index contributed by atoms with van der Waals surface area (Å²) in [5.41, 5.74) is 0.732. The van der Waals surface area contributed by atoms with E-state index in [9.17, 15) is 4.79 Å². The van der Waals surface area contributed by atoms with Gasteiger partial charge in [-0.3, -0.25) is 10.1 Å². The molecule has 0 radical (unpaired) electrons. The molecular formula is C12H8BrClN2O2S. The number of nitrogens with one attached hydrogen (secondary N) is 2. The molecule has 1 aromatic carbocycles. The lowest BCUT2D eigenvalue weighted by molar-refractivity contribution is 0.0949. The van der Waals surface area contributed by atoms with Crippen LogP contribution in [-0.4, -0.2) is 11.0 Å². The summed E-state index contributed by atoms with van der Waals surface area (Å²) in [6.07, 6.45) is 0. The number of hydrogen-bond donors (Lipinski definition) is 2. The molecule has 0 unspecified atom stereocenters. The minimum absolute atomic E-state index is 0.173. The largest absolute Gasteiger partial charge is 0.444 e. The number of carbonyl (C=O) groups excluding carboxylic acids is 1. The fraction of sp³-hybridized carbons (Fsp3) is 0. The Morgan fingerprint density at radius 3 is 2.47 bits per heavy atom. The van der Waals surface area contributed by atoms with Gasteiger partial charge in [0.05, 0.1) is 0 Å². The zero-order valence-electron chi connectivity index (χ0n) is 9.44. The van der Waals surface area contributed by atoms with Crippen molar-refractivity contribution in [2.45, 2.75) is 0 Å². The van der Waals surface area contributed by atoms with E-state index >= 15 is 0 Å². The molecule has 7 heteroatoms. The van der Waals surface area contributed by atoms with Crippen molar-refractivity contribution in [3.63, 3.8) is 0 Å². The van der Waals surface area contributed by atoms with E-state index in [-0.39, 0.29) is 10.9 Å². The quantitative estimate of drug-likeness (QED) is 0.800. The molecule has 0 fully saturated rings. The molecule has 0 bridgehead atoms. The second-order valence-electron chi connectivity index (χ2n) is 3.52. The number of halogens is 2. The highest BCUT2D eigenvalue weighted by molar-refractivity contribution is 9.10. The van der Waals surface area contributed by atoms with E-state index in [0.717, 1.165) is 5.69 Å². The predicted octanol–water partition coefficient (Wildman–Crippen LogP) is 3.82. The zero-order valence-corrected chi connectivity index (χ0v) is 12.6. The molecule has 0 saturated carbocycles. The summed E-state index contributed by atoms with van der Waals surface area (Å²) in [7, 11) is 0. The normalized spacial score (nSPS) is 10.0. The van der Waals surface area contributed by atoms with Gasteiger partial charge in [0.1, 0.15) is 0 Å². The molecule has 2 aromatic rings. The average molecular weight is 360 g/mol. The van der Waals surface area contributed by atoms with Crippen molar-refractivity contribution >= 4 is 56.5 Å². The minimum atomic E-state index is -0.419. The predicted molar refractivity (Wildman–Crippen MR) is 81.5 cm³/mol. The van der Waals surface area contributed by atoms with Gasteiger partial charge in [-0.05, 0) is 64.5 Å². The van der Waals surface area contributed by atoms with E-state index in [0.29, 0.717) is 9.69 Å². The Labute approximate surface area is 128 Å². The summed E-state index contributed by atoms with van der Waals surface area (Å²) in [6.45, 7) is 0. The van der Waals surface area contributed by atoms with Gasteiger partial charge in [0.15, 0.2) is 15.5 Å². The first-order valence-electron chi connectivity index (χ1n) is 5.18. The van der Waals surface area contributed by atoms with Crippen LogP contribution in [0.5, 0.6) is 0 Å². The van der Waals surface area contributed by atoms with Crippen molar-refractivity contribution in [2.24, 2.45) is 0 Å². The van der Waals surface area contributed by atoms with Crippen LogP contribution in [0.4, 0.5) is 5.69 Å². The highest BCUT2D eigenvalue weighted by Crippen LogP contribution is 2.15. The number of hydrogen-bond acceptors (Lipinski definition) is 3. The third-order valence-electron chi connectivity index (χ3n) is 2.13. The Morgan fingerprint density at radius 1 is 1.21 bits per heavy atom. The Morgan fingerprint density at radius 2 is 1.89 bits per heavy atom. The van der Waals surface area contributed by atoms with Gasteiger partial charge in [-0.15, -0.1) is 0 Å². The highest BCUT2D eigenvalue weighted by Gasteiger charge is 2.11. The number of rotatable bonds is 2.